The Bertz CT molecular complexity index is 910. The molecule has 1 N–H and O–H groups in total. The molecule has 2 aliphatic heterocycles. The van der Waals surface area contributed by atoms with E-state index in [1.807, 2.05) is 35.3 Å². The lowest BCUT2D eigenvalue weighted by Gasteiger charge is -2.43. The molecule has 2 fully saturated rings. The SMILES string of the molecule is CCOC(=O)[C@H](CCc1ccccc1)NC1CCCN2CCC[C@@H](C(=O)OC(C)OC(C)=O)N2C1=O. The molecule has 36 heavy (non-hydrogen) atoms. The number of nitrogens with one attached hydrogen (secondary N) is 1. The standard InChI is InChI=1S/C26H37N3O7/c1-4-34-25(32)22(15-14-20-10-6-5-7-11-20)27-21-12-8-16-28-17-9-13-23(29(28)24(21)31)26(33)36-19(3)35-18(2)30/h5-7,10-11,19,21-23,27H,4,8-9,12-17H2,1-3H3/t19?,21?,22-,23-/m0/s1. The van der Waals surface area contributed by atoms with Gasteiger partial charge in [-0.05, 0) is 51.0 Å². The van der Waals surface area contributed by atoms with Gasteiger partial charge >= 0.3 is 17.9 Å². The predicted molar refractivity (Wildman–Crippen MR) is 130 cm³/mol. The van der Waals surface area contributed by atoms with Crippen molar-refractivity contribution in [3.63, 3.8) is 0 Å². The van der Waals surface area contributed by atoms with Gasteiger partial charge in [0.25, 0.3) is 5.91 Å². The summed E-state index contributed by atoms with van der Waals surface area (Å²) in [7, 11) is 0. The first-order chi connectivity index (χ1) is 17.3. The fraction of sp³-hybridized carbons (Fsp3) is 0.615. The predicted octanol–water partition coefficient (Wildman–Crippen LogP) is 1.96. The highest BCUT2D eigenvalue weighted by atomic mass is 16.7. The third-order valence-corrected chi connectivity index (χ3v) is 6.35. The summed E-state index contributed by atoms with van der Waals surface area (Å²) in [5, 5.41) is 6.62. The topological polar surface area (TPSA) is 114 Å². The monoisotopic (exact) mass is 503 g/mol. The third kappa shape index (κ3) is 7.51. The number of carbonyl (C=O) groups excluding carboxylic acids is 4. The summed E-state index contributed by atoms with van der Waals surface area (Å²) in [4.78, 5) is 50.6. The van der Waals surface area contributed by atoms with Crippen LogP contribution in [0.25, 0.3) is 0 Å². The van der Waals surface area contributed by atoms with E-state index in [4.69, 9.17) is 14.2 Å². The lowest BCUT2D eigenvalue weighted by atomic mass is 10.0. The van der Waals surface area contributed by atoms with Crippen molar-refractivity contribution < 1.29 is 33.4 Å². The van der Waals surface area contributed by atoms with Crippen LogP contribution in [0, 0.1) is 0 Å². The molecule has 2 heterocycles. The summed E-state index contributed by atoms with van der Waals surface area (Å²) in [5.74, 6) is -1.85. The first-order valence-electron chi connectivity index (χ1n) is 12.7. The number of carbonyl (C=O) groups is 4. The number of amides is 1. The molecule has 0 radical (unpaired) electrons. The molecule has 2 unspecified atom stereocenters. The normalized spacial score (nSPS) is 22.1. The third-order valence-electron chi connectivity index (χ3n) is 6.35. The number of hydrogen-bond acceptors (Lipinski definition) is 9. The Morgan fingerprint density at radius 1 is 1.08 bits per heavy atom. The Morgan fingerprint density at radius 3 is 2.44 bits per heavy atom. The quantitative estimate of drug-likeness (QED) is 0.378. The van der Waals surface area contributed by atoms with Crippen LogP contribution in [0.3, 0.4) is 0 Å². The van der Waals surface area contributed by atoms with Crippen LogP contribution in [0.1, 0.15) is 58.4 Å². The van der Waals surface area contributed by atoms with E-state index in [1.165, 1.54) is 18.9 Å². The van der Waals surface area contributed by atoms with E-state index in [1.54, 1.807) is 6.92 Å². The van der Waals surface area contributed by atoms with E-state index in [-0.39, 0.29) is 12.5 Å². The molecule has 0 saturated carbocycles. The fourth-order valence-electron chi connectivity index (χ4n) is 4.75. The second-order valence-corrected chi connectivity index (χ2v) is 9.10. The molecule has 2 aliphatic rings. The van der Waals surface area contributed by atoms with Gasteiger partial charge in [-0.1, -0.05) is 30.3 Å². The molecule has 3 rings (SSSR count). The van der Waals surface area contributed by atoms with Crippen molar-refractivity contribution >= 4 is 23.8 Å². The van der Waals surface area contributed by atoms with Crippen LogP contribution in [-0.2, 0) is 39.8 Å². The van der Waals surface area contributed by atoms with E-state index >= 15 is 0 Å². The number of fused-ring (bicyclic) bond motifs is 1. The number of rotatable bonds is 10. The minimum absolute atomic E-state index is 0.245. The van der Waals surface area contributed by atoms with Crippen LogP contribution in [-0.4, -0.2) is 77.9 Å². The summed E-state index contributed by atoms with van der Waals surface area (Å²) in [5.41, 5.74) is 1.09. The highest BCUT2D eigenvalue weighted by molar-refractivity contribution is 5.88. The van der Waals surface area contributed by atoms with Crippen molar-refractivity contribution in [2.24, 2.45) is 0 Å². The second kappa shape index (κ2) is 13.4. The molecule has 0 aliphatic carbocycles. The highest BCUT2D eigenvalue weighted by Gasteiger charge is 2.43. The number of esters is 3. The number of aryl methyl sites for hydroxylation is 1. The number of benzene rings is 1. The van der Waals surface area contributed by atoms with Crippen molar-refractivity contribution in [1.82, 2.24) is 15.3 Å². The van der Waals surface area contributed by atoms with Gasteiger partial charge in [-0.3, -0.25) is 24.7 Å². The maximum atomic E-state index is 13.7. The minimum atomic E-state index is -1.05. The van der Waals surface area contributed by atoms with Crippen LogP contribution < -0.4 is 5.32 Å². The molecule has 0 aromatic heterocycles. The van der Waals surface area contributed by atoms with E-state index in [0.29, 0.717) is 38.8 Å². The van der Waals surface area contributed by atoms with Gasteiger partial charge in [0.1, 0.15) is 12.1 Å². The lowest BCUT2D eigenvalue weighted by molar-refractivity contribution is -0.198. The zero-order chi connectivity index (χ0) is 26.1. The van der Waals surface area contributed by atoms with Gasteiger partial charge in [0.2, 0.25) is 6.29 Å². The van der Waals surface area contributed by atoms with Gasteiger partial charge in [-0.15, -0.1) is 0 Å². The smallest absolute Gasteiger partial charge is 0.333 e. The van der Waals surface area contributed by atoms with Gasteiger partial charge in [0.15, 0.2) is 0 Å². The molecule has 2 saturated heterocycles. The van der Waals surface area contributed by atoms with Crippen LogP contribution in [0.15, 0.2) is 30.3 Å². The van der Waals surface area contributed by atoms with Gasteiger partial charge in [0, 0.05) is 26.9 Å². The van der Waals surface area contributed by atoms with E-state index in [0.717, 1.165) is 18.4 Å². The van der Waals surface area contributed by atoms with Crippen molar-refractivity contribution in [3.8, 4) is 0 Å². The molecule has 4 atom stereocenters. The summed E-state index contributed by atoms with van der Waals surface area (Å²) in [6, 6.07) is 7.69. The van der Waals surface area contributed by atoms with Crippen LogP contribution in [0.5, 0.6) is 0 Å². The van der Waals surface area contributed by atoms with Crippen molar-refractivity contribution in [2.45, 2.75) is 83.7 Å². The number of ether oxygens (including phenoxy) is 3. The number of nitrogens with zero attached hydrogens (tertiary/aromatic N) is 2. The molecular weight excluding hydrogens is 466 g/mol. The Balaban J connectivity index is 1.73. The maximum Gasteiger partial charge on any atom is 0.333 e. The first-order valence-corrected chi connectivity index (χ1v) is 12.7. The minimum Gasteiger partial charge on any atom is -0.465 e. The maximum absolute atomic E-state index is 13.7. The van der Waals surface area contributed by atoms with Gasteiger partial charge < -0.3 is 14.2 Å². The Kier molecular flexibility index (Phi) is 10.2. The average Bonchev–Trinajstić information content (AvgIpc) is 3.00. The van der Waals surface area contributed by atoms with Crippen molar-refractivity contribution in [3.05, 3.63) is 35.9 Å². The summed E-state index contributed by atoms with van der Waals surface area (Å²) < 4.78 is 15.5. The Hall–Kier alpha value is -2.98. The molecule has 10 heteroatoms. The van der Waals surface area contributed by atoms with Crippen LogP contribution >= 0.6 is 0 Å². The van der Waals surface area contributed by atoms with E-state index in [9.17, 15) is 19.2 Å². The largest absolute Gasteiger partial charge is 0.465 e. The number of hydrazine groups is 1. The second-order valence-electron chi connectivity index (χ2n) is 9.10. The summed E-state index contributed by atoms with van der Waals surface area (Å²) >= 11 is 0. The molecule has 1 aromatic rings. The lowest BCUT2D eigenvalue weighted by Crippen LogP contribution is -2.62. The first kappa shape index (κ1) is 27.6. The molecule has 0 bridgehead atoms. The summed E-state index contributed by atoms with van der Waals surface area (Å²) in [6.45, 7) is 5.96. The zero-order valence-corrected chi connectivity index (χ0v) is 21.3. The molecule has 10 nitrogen and oxygen atoms in total. The molecule has 1 amide bonds. The Morgan fingerprint density at radius 2 is 1.78 bits per heavy atom. The van der Waals surface area contributed by atoms with Crippen molar-refractivity contribution in [2.75, 3.05) is 19.7 Å². The number of hydrogen-bond donors (Lipinski definition) is 1. The van der Waals surface area contributed by atoms with E-state index in [2.05, 4.69) is 5.32 Å². The highest BCUT2D eigenvalue weighted by Crippen LogP contribution is 2.25. The zero-order valence-electron chi connectivity index (χ0n) is 21.3. The molecule has 0 spiro atoms. The molecular formula is C26H37N3O7. The van der Waals surface area contributed by atoms with Gasteiger partial charge in [0.05, 0.1) is 12.6 Å². The van der Waals surface area contributed by atoms with Crippen LogP contribution in [0.2, 0.25) is 0 Å². The van der Waals surface area contributed by atoms with E-state index < -0.39 is 42.3 Å². The van der Waals surface area contributed by atoms with Gasteiger partial charge in [-0.25, -0.2) is 9.80 Å². The summed E-state index contributed by atoms with van der Waals surface area (Å²) in [6.07, 6.45) is 2.49. The van der Waals surface area contributed by atoms with Gasteiger partial charge in [-0.2, -0.15) is 0 Å². The van der Waals surface area contributed by atoms with Crippen molar-refractivity contribution in [1.29, 1.82) is 0 Å². The fourth-order valence-corrected chi connectivity index (χ4v) is 4.75. The Labute approximate surface area is 212 Å². The van der Waals surface area contributed by atoms with Crippen LogP contribution in [0.4, 0.5) is 0 Å². The molecule has 198 valence electrons. The average molecular weight is 504 g/mol. The molecule has 1 aromatic carbocycles.